The molecule has 0 aliphatic heterocycles. The van der Waals surface area contributed by atoms with Crippen LogP contribution in [0.4, 0.5) is 0 Å². The molecule has 0 spiro atoms. The van der Waals surface area contributed by atoms with Gasteiger partial charge in [-0.05, 0) is 26.0 Å². The lowest BCUT2D eigenvalue weighted by atomic mass is 10.0. The number of amides is 1. The van der Waals surface area contributed by atoms with Gasteiger partial charge in [-0.2, -0.15) is 0 Å². The molecule has 2 rings (SSSR count). The van der Waals surface area contributed by atoms with Gasteiger partial charge in [0, 0.05) is 17.2 Å². The van der Waals surface area contributed by atoms with E-state index in [1.165, 1.54) is 6.08 Å². The maximum Gasteiger partial charge on any atom is 0.277 e. The van der Waals surface area contributed by atoms with Crippen LogP contribution in [0, 0.1) is 6.92 Å². The second-order valence-corrected chi connectivity index (χ2v) is 5.21. The number of hydrogen-bond donors (Lipinski definition) is 0. The van der Waals surface area contributed by atoms with Crippen molar-refractivity contribution in [3.8, 4) is 0 Å². The summed E-state index contributed by atoms with van der Waals surface area (Å²) in [7, 11) is 0. The molecule has 20 heavy (non-hydrogen) atoms. The summed E-state index contributed by atoms with van der Waals surface area (Å²) in [6, 6.07) is 6.99. The van der Waals surface area contributed by atoms with Crippen molar-refractivity contribution in [2.24, 2.45) is 4.99 Å². The Balaban J connectivity index is 2.40. The van der Waals surface area contributed by atoms with Gasteiger partial charge in [0.2, 0.25) is 0 Å². The van der Waals surface area contributed by atoms with E-state index in [9.17, 15) is 9.59 Å². The Bertz CT molecular complexity index is 682. The molecule has 0 heterocycles. The number of ketones is 1. The average Bonchev–Trinajstić information content (AvgIpc) is 2.42. The Hall–Kier alpha value is -1.71. The number of hydrogen-bond acceptors (Lipinski definition) is 2. The topological polar surface area (TPSA) is 46.5 Å². The minimum Gasteiger partial charge on any atom is -0.290 e. The van der Waals surface area contributed by atoms with Gasteiger partial charge in [-0.3, -0.25) is 9.59 Å². The van der Waals surface area contributed by atoms with Crippen molar-refractivity contribution in [3.05, 3.63) is 57.1 Å². The zero-order valence-corrected chi connectivity index (χ0v) is 12.4. The van der Waals surface area contributed by atoms with E-state index < -0.39 is 5.91 Å². The number of benzene rings is 1. The summed E-state index contributed by atoms with van der Waals surface area (Å²) >= 11 is 12.0. The molecule has 1 amide bonds. The van der Waals surface area contributed by atoms with E-state index >= 15 is 0 Å². The molecule has 3 nitrogen and oxygen atoms in total. The molecule has 102 valence electrons. The van der Waals surface area contributed by atoms with Gasteiger partial charge in [-0.15, -0.1) is 0 Å². The third kappa shape index (κ3) is 2.89. The molecule has 0 radical (unpaired) electrons. The Morgan fingerprint density at radius 3 is 2.30 bits per heavy atom. The summed E-state index contributed by atoms with van der Waals surface area (Å²) < 4.78 is 0. The molecule has 5 heteroatoms. The molecule has 0 atom stereocenters. The molecule has 1 aliphatic rings. The first-order chi connectivity index (χ1) is 9.40. The standard InChI is InChI=1S/C15H11Cl2NO2/c1-8-3-5-10(6-4-8)15(20)18-14-11(16)7-12(19)9(2)13(14)17/h3-7H,1-2H3. The Labute approximate surface area is 126 Å². The minimum atomic E-state index is -0.452. The highest BCUT2D eigenvalue weighted by molar-refractivity contribution is 6.59. The van der Waals surface area contributed by atoms with Crippen LogP contribution in [0.15, 0.2) is 51.0 Å². The molecule has 1 aliphatic carbocycles. The zero-order valence-electron chi connectivity index (χ0n) is 10.9. The molecular formula is C15H11Cl2NO2. The van der Waals surface area contributed by atoms with Crippen molar-refractivity contribution in [1.82, 2.24) is 0 Å². The van der Waals surface area contributed by atoms with Crippen LogP contribution in [0.3, 0.4) is 0 Å². The Kier molecular flexibility index (Phi) is 4.21. The summed E-state index contributed by atoms with van der Waals surface area (Å²) in [5, 5.41) is 0.189. The largest absolute Gasteiger partial charge is 0.290 e. The van der Waals surface area contributed by atoms with Crippen LogP contribution >= 0.6 is 23.2 Å². The SMILES string of the molecule is CC1=C(Cl)C(=NC(=O)c2ccc(C)cc2)C(Cl)=CC1=O. The first-order valence-electron chi connectivity index (χ1n) is 5.88. The lowest BCUT2D eigenvalue weighted by Gasteiger charge is -2.11. The molecule has 0 fully saturated rings. The second-order valence-electron chi connectivity index (χ2n) is 4.43. The van der Waals surface area contributed by atoms with Crippen LogP contribution in [0.1, 0.15) is 22.8 Å². The molecule has 0 saturated heterocycles. The molecule has 1 aromatic rings. The van der Waals surface area contributed by atoms with Crippen LogP contribution in [-0.4, -0.2) is 17.4 Å². The molecule has 0 aromatic heterocycles. The van der Waals surface area contributed by atoms with Crippen LogP contribution in [0.5, 0.6) is 0 Å². The highest BCUT2D eigenvalue weighted by Gasteiger charge is 2.23. The fourth-order valence-corrected chi connectivity index (χ4v) is 2.17. The van der Waals surface area contributed by atoms with E-state index in [1.807, 2.05) is 19.1 Å². The second kappa shape index (κ2) is 5.73. The first-order valence-corrected chi connectivity index (χ1v) is 6.64. The number of aryl methyl sites for hydroxylation is 1. The van der Waals surface area contributed by atoms with E-state index in [2.05, 4.69) is 4.99 Å². The fourth-order valence-electron chi connectivity index (χ4n) is 1.65. The third-order valence-corrected chi connectivity index (χ3v) is 3.65. The van der Waals surface area contributed by atoms with Crippen molar-refractivity contribution < 1.29 is 9.59 Å². The van der Waals surface area contributed by atoms with Crippen molar-refractivity contribution in [3.63, 3.8) is 0 Å². The van der Waals surface area contributed by atoms with Crippen molar-refractivity contribution in [2.75, 3.05) is 0 Å². The average molecular weight is 308 g/mol. The summed E-state index contributed by atoms with van der Waals surface area (Å²) in [6.07, 6.45) is 1.21. The monoisotopic (exact) mass is 307 g/mol. The van der Waals surface area contributed by atoms with Gasteiger partial charge in [0.05, 0.1) is 10.1 Å². The van der Waals surface area contributed by atoms with Crippen molar-refractivity contribution >= 4 is 40.6 Å². The number of carbonyl (C=O) groups excluding carboxylic acids is 2. The Morgan fingerprint density at radius 2 is 1.70 bits per heavy atom. The third-order valence-electron chi connectivity index (χ3n) is 2.90. The maximum atomic E-state index is 12.1. The van der Waals surface area contributed by atoms with E-state index in [1.54, 1.807) is 19.1 Å². The van der Waals surface area contributed by atoms with Crippen molar-refractivity contribution in [1.29, 1.82) is 0 Å². The fraction of sp³-hybridized carbons (Fsp3) is 0.133. The van der Waals surface area contributed by atoms with Gasteiger partial charge in [0.15, 0.2) is 5.78 Å². The van der Waals surface area contributed by atoms with Gasteiger partial charge < -0.3 is 0 Å². The predicted molar refractivity (Wildman–Crippen MR) is 80.4 cm³/mol. The maximum absolute atomic E-state index is 12.1. The number of carbonyl (C=O) groups is 2. The number of aliphatic imine (C=N–C) groups is 1. The van der Waals surface area contributed by atoms with Crippen LogP contribution in [-0.2, 0) is 4.79 Å². The van der Waals surface area contributed by atoms with E-state index in [0.717, 1.165) is 5.56 Å². The summed E-state index contributed by atoms with van der Waals surface area (Å²) in [5.41, 5.74) is 1.94. The number of halogens is 2. The number of allylic oxidation sites excluding steroid dienone is 4. The van der Waals surface area contributed by atoms with E-state index in [-0.39, 0.29) is 21.6 Å². The molecule has 0 saturated carbocycles. The number of nitrogens with zero attached hydrogens (tertiary/aromatic N) is 1. The Morgan fingerprint density at radius 1 is 1.10 bits per heavy atom. The summed E-state index contributed by atoms with van der Waals surface area (Å²) in [4.78, 5) is 27.5. The van der Waals surface area contributed by atoms with Gasteiger partial charge in [0.25, 0.3) is 5.91 Å². The summed E-state index contributed by atoms with van der Waals surface area (Å²) in [5.74, 6) is -0.728. The highest BCUT2D eigenvalue weighted by atomic mass is 35.5. The van der Waals surface area contributed by atoms with Crippen molar-refractivity contribution in [2.45, 2.75) is 13.8 Å². The normalized spacial score (nSPS) is 17.5. The van der Waals surface area contributed by atoms with E-state index in [4.69, 9.17) is 23.2 Å². The van der Waals surface area contributed by atoms with Crippen LogP contribution < -0.4 is 0 Å². The summed E-state index contributed by atoms with van der Waals surface area (Å²) in [6.45, 7) is 3.49. The quantitative estimate of drug-likeness (QED) is 0.741. The smallest absolute Gasteiger partial charge is 0.277 e. The van der Waals surface area contributed by atoms with Gasteiger partial charge in [0.1, 0.15) is 5.71 Å². The lowest BCUT2D eigenvalue weighted by molar-refractivity contribution is -0.111. The predicted octanol–water partition coefficient (Wildman–Crippen LogP) is 3.79. The molecule has 0 unspecified atom stereocenters. The molecule has 0 N–H and O–H groups in total. The van der Waals surface area contributed by atoms with E-state index in [0.29, 0.717) is 11.1 Å². The molecular weight excluding hydrogens is 297 g/mol. The molecule has 0 bridgehead atoms. The van der Waals surface area contributed by atoms with Gasteiger partial charge in [-0.25, -0.2) is 4.99 Å². The van der Waals surface area contributed by atoms with Crippen LogP contribution in [0.25, 0.3) is 0 Å². The van der Waals surface area contributed by atoms with Crippen LogP contribution in [0.2, 0.25) is 0 Å². The lowest BCUT2D eigenvalue weighted by Crippen LogP contribution is -2.14. The molecule has 1 aromatic carbocycles. The highest BCUT2D eigenvalue weighted by Crippen LogP contribution is 2.26. The number of rotatable bonds is 1. The minimum absolute atomic E-state index is 0.0751. The van der Waals surface area contributed by atoms with Gasteiger partial charge >= 0.3 is 0 Å². The first kappa shape index (κ1) is 14.7. The van der Waals surface area contributed by atoms with Gasteiger partial charge in [-0.1, -0.05) is 40.9 Å². The zero-order chi connectivity index (χ0) is 14.9.